The van der Waals surface area contributed by atoms with Gasteiger partial charge in [0.15, 0.2) is 0 Å². The molecule has 188 valence electrons. The van der Waals surface area contributed by atoms with Crippen molar-refractivity contribution in [3.8, 4) is 22.7 Å². The van der Waals surface area contributed by atoms with Crippen LogP contribution in [0.15, 0.2) is 53.3 Å². The second kappa shape index (κ2) is 9.96. The molecular formula is C25H27N5O6. The van der Waals surface area contributed by atoms with Crippen LogP contribution in [0.4, 0.5) is 17.1 Å². The zero-order chi connectivity index (χ0) is 25.2. The van der Waals surface area contributed by atoms with Gasteiger partial charge in [0.1, 0.15) is 17.1 Å². The number of aliphatic hydroxyl groups is 1. The van der Waals surface area contributed by atoms with E-state index in [-0.39, 0.29) is 11.4 Å². The number of hydrogen-bond acceptors (Lipinski definition) is 9. The number of nitro benzene ring substituents is 1. The third-order valence-corrected chi connectivity index (χ3v) is 6.52. The van der Waals surface area contributed by atoms with Gasteiger partial charge in [0, 0.05) is 43.5 Å². The van der Waals surface area contributed by atoms with Gasteiger partial charge in [-0.1, -0.05) is 12.1 Å². The Morgan fingerprint density at radius 3 is 2.58 bits per heavy atom. The maximum absolute atomic E-state index is 13.7. The molecule has 0 bridgehead atoms. The Kier molecular flexibility index (Phi) is 6.57. The molecule has 1 unspecified atom stereocenters. The fourth-order valence-electron chi connectivity index (χ4n) is 4.61. The molecule has 0 amide bonds. The first kappa shape index (κ1) is 23.8. The van der Waals surface area contributed by atoms with Crippen LogP contribution in [0.5, 0.6) is 5.75 Å². The summed E-state index contributed by atoms with van der Waals surface area (Å²) in [4.78, 5) is 29.1. The van der Waals surface area contributed by atoms with Gasteiger partial charge in [0.05, 0.1) is 37.0 Å². The topological polar surface area (TPSA) is 123 Å². The van der Waals surface area contributed by atoms with E-state index in [1.807, 2.05) is 12.1 Å². The van der Waals surface area contributed by atoms with E-state index in [1.165, 1.54) is 6.07 Å². The molecule has 5 rings (SSSR count). The summed E-state index contributed by atoms with van der Waals surface area (Å²) < 4.78 is 11.9. The van der Waals surface area contributed by atoms with E-state index in [1.54, 1.807) is 42.3 Å². The van der Waals surface area contributed by atoms with Crippen molar-refractivity contribution in [3.63, 3.8) is 0 Å². The summed E-state index contributed by atoms with van der Waals surface area (Å²) in [5.74, 6) is 0.616. The van der Waals surface area contributed by atoms with Crippen LogP contribution in [0.25, 0.3) is 16.9 Å². The van der Waals surface area contributed by atoms with Crippen molar-refractivity contribution in [1.29, 1.82) is 0 Å². The van der Waals surface area contributed by atoms with Gasteiger partial charge in [-0.3, -0.25) is 14.9 Å². The summed E-state index contributed by atoms with van der Waals surface area (Å²) in [5, 5.41) is 26.7. The standard InChI is InChI=1S/C25H27N5O6/c1-35-20-4-2-3-17(13-20)21-15-24(28-8-7-19(31)16-28)25(32)29(26-21)23-14-18(5-6-22(23)30(33)34)27-9-11-36-12-10-27/h2-6,13-15,19,31H,7-12,16H2,1H3. The van der Waals surface area contributed by atoms with Crippen LogP contribution < -0.4 is 20.1 Å². The SMILES string of the molecule is COc1cccc(-c2cc(N3CCC(O)C3)c(=O)n(-c3cc(N4CCOCC4)ccc3[N+](=O)[O-])n2)c1. The summed E-state index contributed by atoms with van der Waals surface area (Å²) in [6.07, 6.45) is -0.0200. The van der Waals surface area contributed by atoms with Crippen LogP contribution in [0.1, 0.15) is 6.42 Å². The third kappa shape index (κ3) is 4.62. The first-order chi connectivity index (χ1) is 17.4. The molecule has 2 aliphatic rings. The lowest BCUT2D eigenvalue weighted by atomic mass is 10.1. The Balaban J connectivity index is 1.71. The molecule has 2 saturated heterocycles. The molecule has 3 aromatic rings. The number of benzene rings is 2. The number of methoxy groups -OCH3 is 1. The molecule has 0 spiro atoms. The van der Waals surface area contributed by atoms with Gasteiger partial charge in [0.25, 0.3) is 11.2 Å². The van der Waals surface area contributed by atoms with E-state index in [0.29, 0.717) is 68.5 Å². The average molecular weight is 494 g/mol. The Hall–Kier alpha value is -3.96. The summed E-state index contributed by atoms with van der Waals surface area (Å²) in [5.41, 5.74) is 1.59. The van der Waals surface area contributed by atoms with Crippen LogP contribution in [-0.4, -0.2) is 72.4 Å². The van der Waals surface area contributed by atoms with Gasteiger partial charge >= 0.3 is 0 Å². The van der Waals surface area contributed by atoms with Gasteiger partial charge in [0.2, 0.25) is 0 Å². The third-order valence-electron chi connectivity index (χ3n) is 6.52. The monoisotopic (exact) mass is 493 g/mol. The molecule has 1 N–H and O–H groups in total. The highest BCUT2D eigenvalue weighted by Crippen LogP contribution is 2.31. The van der Waals surface area contributed by atoms with Crippen molar-refractivity contribution in [2.75, 3.05) is 56.3 Å². The molecule has 1 atom stereocenters. The lowest BCUT2D eigenvalue weighted by Gasteiger charge is -2.29. The Labute approximate surface area is 207 Å². The van der Waals surface area contributed by atoms with Crippen LogP contribution >= 0.6 is 0 Å². The van der Waals surface area contributed by atoms with Gasteiger partial charge < -0.3 is 24.4 Å². The van der Waals surface area contributed by atoms with Gasteiger partial charge in [-0.05, 0) is 36.8 Å². The average Bonchev–Trinajstić information content (AvgIpc) is 3.35. The highest BCUT2D eigenvalue weighted by Gasteiger charge is 2.27. The van der Waals surface area contributed by atoms with E-state index in [9.17, 15) is 20.0 Å². The summed E-state index contributed by atoms with van der Waals surface area (Å²) in [6.45, 7) is 3.18. The van der Waals surface area contributed by atoms with Crippen molar-refractivity contribution in [2.45, 2.75) is 12.5 Å². The number of ether oxygens (including phenoxy) is 2. The zero-order valence-corrected chi connectivity index (χ0v) is 19.9. The number of morpholine rings is 1. The summed E-state index contributed by atoms with van der Waals surface area (Å²) >= 11 is 0. The smallest absolute Gasteiger partial charge is 0.295 e. The molecule has 36 heavy (non-hydrogen) atoms. The molecule has 11 nitrogen and oxygen atoms in total. The van der Waals surface area contributed by atoms with E-state index in [0.717, 1.165) is 10.4 Å². The second-order valence-electron chi connectivity index (χ2n) is 8.78. The van der Waals surface area contributed by atoms with E-state index in [2.05, 4.69) is 10.00 Å². The number of β-amino-alcohol motifs (C(OH)–C–C–N with tert-alkyl or cyclic N) is 1. The van der Waals surface area contributed by atoms with Crippen LogP contribution in [0.3, 0.4) is 0 Å². The quantitative estimate of drug-likeness (QED) is 0.407. The van der Waals surface area contributed by atoms with E-state index >= 15 is 0 Å². The first-order valence-corrected chi connectivity index (χ1v) is 11.8. The van der Waals surface area contributed by atoms with Crippen molar-refractivity contribution < 1.29 is 19.5 Å². The van der Waals surface area contributed by atoms with Crippen molar-refractivity contribution >= 4 is 17.1 Å². The number of nitro groups is 1. The molecule has 2 aromatic carbocycles. The molecule has 1 aromatic heterocycles. The molecular weight excluding hydrogens is 466 g/mol. The highest BCUT2D eigenvalue weighted by atomic mass is 16.6. The number of aliphatic hydroxyl groups excluding tert-OH is 1. The van der Waals surface area contributed by atoms with Gasteiger partial charge in [-0.25, -0.2) is 0 Å². The van der Waals surface area contributed by atoms with Crippen molar-refractivity contribution in [3.05, 3.63) is 69.0 Å². The largest absolute Gasteiger partial charge is 0.497 e. The predicted octanol–water partition coefficient (Wildman–Crippen LogP) is 2.22. The van der Waals surface area contributed by atoms with Crippen LogP contribution in [-0.2, 0) is 4.74 Å². The molecule has 11 heteroatoms. The number of aromatic nitrogens is 2. The fourth-order valence-corrected chi connectivity index (χ4v) is 4.61. The molecule has 0 aliphatic carbocycles. The Bertz CT molecular complexity index is 1340. The minimum absolute atomic E-state index is 0.0831. The molecule has 0 radical (unpaired) electrons. The molecule has 3 heterocycles. The first-order valence-electron chi connectivity index (χ1n) is 11.8. The Morgan fingerprint density at radius 1 is 1.08 bits per heavy atom. The predicted molar refractivity (Wildman–Crippen MR) is 134 cm³/mol. The minimum Gasteiger partial charge on any atom is -0.497 e. The maximum atomic E-state index is 13.7. The number of rotatable bonds is 6. The zero-order valence-electron chi connectivity index (χ0n) is 19.9. The van der Waals surface area contributed by atoms with Crippen LogP contribution in [0.2, 0.25) is 0 Å². The normalized spacial score (nSPS) is 17.9. The van der Waals surface area contributed by atoms with Gasteiger partial charge in [-0.2, -0.15) is 9.78 Å². The van der Waals surface area contributed by atoms with E-state index < -0.39 is 16.6 Å². The molecule has 2 fully saturated rings. The molecule has 2 aliphatic heterocycles. The molecule has 0 saturated carbocycles. The lowest BCUT2D eigenvalue weighted by Crippen LogP contribution is -2.36. The Morgan fingerprint density at radius 2 is 1.89 bits per heavy atom. The van der Waals surface area contributed by atoms with Gasteiger partial charge in [-0.15, -0.1) is 0 Å². The summed E-state index contributed by atoms with van der Waals surface area (Å²) in [6, 6.07) is 13.6. The van der Waals surface area contributed by atoms with Crippen molar-refractivity contribution in [2.24, 2.45) is 0 Å². The van der Waals surface area contributed by atoms with Crippen molar-refractivity contribution in [1.82, 2.24) is 9.78 Å². The maximum Gasteiger partial charge on any atom is 0.295 e. The van der Waals surface area contributed by atoms with Crippen LogP contribution in [0, 0.1) is 10.1 Å². The second-order valence-corrected chi connectivity index (χ2v) is 8.78. The number of nitrogens with zero attached hydrogens (tertiary/aromatic N) is 5. The lowest BCUT2D eigenvalue weighted by molar-refractivity contribution is -0.384. The minimum atomic E-state index is -0.551. The number of anilines is 2. The highest BCUT2D eigenvalue weighted by molar-refractivity contribution is 5.68. The fraction of sp³-hybridized carbons (Fsp3) is 0.360. The van der Waals surface area contributed by atoms with E-state index in [4.69, 9.17) is 9.47 Å². The summed E-state index contributed by atoms with van der Waals surface area (Å²) in [7, 11) is 1.56. The number of hydrogen-bond donors (Lipinski definition) is 1.